The third-order valence-electron chi connectivity index (χ3n) is 5.73. The number of primary amides is 1. The molecule has 0 bridgehead atoms. The number of carbonyl (C=O) groups is 2. The van der Waals surface area contributed by atoms with Crippen LogP contribution >= 0.6 is 0 Å². The van der Waals surface area contributed by atoms with Gasteiger partial charge in [0.1, 0.15) is 5.52 Å². The molecule has 1 atom stereocenters. The summed E-state index contributed by atoms with van der Waals surface area (Å²) >= 11 is 0. The number of likely N-dealkylation sites (tertiary alicyclic amines) is 2. The number of piperidine rings is 2. The molecule has 2 N–H and O–H groups in total. The summed E-state index contributed by atoms with van der Waals surface area (Å²) in [4.78, 5) is 28.1. The van der Waals surface area contributed by atoms with Gasteiger partial charge in [-0.2, -0.15) is 0 Å². The minimum absolute atomic E-state index is 0.0261. The van der Waals surface area contributed by atoms with Gasteiger partial charge in [0, 0.05) is 19.6 Å². The van der Waals surface area contributed by atoms with Crippen molar-refractivity contribution in [3.05, 3.63) is 24.3 Å². The average molecular weight is 370 g/mol. The molecule has 0 spiro atoms. The lowest BCUT2D eigenvalue weighted by Crippen LogP contribution is -2.48. The number of fused-ring (bicyclic) bond motifs is 1. The van der Waals surface area contributed by atoms with Gasteiger partial charge in [-0.1, -0.05) is 17.3 Å². The zero-order valence-electron chi connectivity index (χ0n) is 15.5. The van der Waals surface area contributed by atoms with Crippen LogP contribution in [-0.2, 0) is 9.59 Å². The van der Waals surface area contributed by atoms with Crippen LogP contribution < -0.4 is 5.73 Å². The largest absolute Gasteiger partial charge is 0.369 e. The summed E-state index contributed by atoms with van der Waals surface area (Å²) in [6.45, 7) is 3.20. The van der Waals surface area contributed by atoms with E-state index in [2.05, 4.69) is 10.3 Å². The van der Waals surface area contributed by atoms with Crippen LogP contribution in [0.4, 0.5) is 0 Å². The fourth-order valence-electron chi connectivity index (χ4n) is 4.37. The van der Waals surface area contributed by atoms with Crippen molar-refractivity contribution in [2.24, 2.45) is 11.7 Å². The van der Waals surface area contributed by atoms with Crippen molar-refractivity contribution >= 4 is 22.8 Å². The van der Waals surface area contributed by atoms with Crippen molar-refractivity contribution in [2.75, 3.05) is 32.7 Å². The Bertz CT molecular complexity index is 826. The number of nitrogens with zero attached hydrogens (tertiary/aromatic N) is 5. The highest BCUT2D eigenvalue weighted by atomic mass is 16.2. The second kappa shape index (κ2) is 7.64. The molecule has 8 heteroatoms. The van der Waals surface area contributed by atoms with Gasteiger partial charge in [-0.15, -0.1) is 5.10 Å². The molecule has 2 saturated heterocycles. The Balaban J connectivity index is 1.36. The van der Waals surface area contributed by atoms with E-state index < -0.39 is 0 Å². The van der Waals surface area contributed by atoms with Gasteiger partial charge >= 0.3 is 0 Å². The molecule has 3 heterocycles. The average Bonchev–Trinajstić information content (AvgIpc) is 3.11. The first-order chi connectivity index (χ1) is 13.1. The van der Waals surface area contributed by atoms with E-state index in [9.17, 15) is 9.59 Å². The number of benzene rings is 1. The lowest BCUT2D eigenvalue weighted by Gasteiger charge is -2.37. The molecule has 2 aliphatic rings. The highest BCUT2D eigenvalue weighted by Crippen LogP contribution is 2.27. The zero-order chi connectivity index (χ0) is 18.8. The topological polar surface area (TPSA) is 97.3 Å². The second-order valence-electron chi connectivity index (χ2n) is 7.62. The van der Waals surface area contributed by atoms with Gasteiger partial charge in [0.2, 0.25) is 11.8 Å². The second-order valence-corrected chi connectivity index (χ2v) is 7.62. The van der Waals surface area contributed by atoms with Gasteiger partial charge in [0.15, 0.2) is 0 Å². The van der Waals surface area contributed by atoms with Gasteiger partial charge in [-0.25, -0.2) is 4.68 Å². The van der Waals surface area contributed by atoms with Crippen LogP contribution in [0.25, 0.3) is 11.0 Å². The van der Waals surface area contributed by atoms with E-state index in [1.807, 2.05) is 38.7 Å². The molecule has 0 aliphatic carbocycles. The van der Waals surface area contributed by atoms with Gasteiger partial charge in [-0.3, -0.25) is 14.5 Å². The molecule has 0 unspecified atom stereocenters. The molecular formula is C19H26N6O2. The monoisotopic (exact) mass is 370 g/mol. The predicted molar refractivity (Wildman–Crippen MR) is 101 cm³/mol. The van der Waals surface area contributed by atoms with Crippen LogP contribution in [0.5, 0.6) is 0 Å². The fraction of sp³-hybridized carbons (Fsp3) is 0.579. The minimum atomic E-state index is -0.330. The van der Waals surface area contributed by atoms with Crippen LogP contribution in [0.1, 0.15) is 31.7 Å². The molecular weight excluding hydrogens is 344 g/mol. The van der Waals surface area contributed by atoms with E-state index >= 15 is 0 Å². The summed E-state index contributed by atoms with van der Waals surface area (Å²) in [7, 11) is 0. The number of hydrogen-bond donors (Lipinski definition) is 1. The normalized spacial score (nSPS) is 22.2. The molecule has 1 aromatic heterocycles. The Kier molecular flexibility index (Phi) is 5.07. The highest BCUT2D eigenvalue weighted by Gasteiger charge is 2.32. The summed E-state index contributed by atoms with van der Waals surface area (Å²) in [5.41, 5.74) is 7.26. The maximum atomic E-state index is 12.9. The summed E-state index contributed by atoms with van der Waals surface area (Å²) in [5.74, 6) is -0.142. The van der Waals surface area contributed by atoms with Gasteiger partial charge in [-0.05, 0) is 44.4 Å². The number of nitrogens with two attached hydrogens (primary N) is 1. The molecule has 2 fully saturated rings. The molecule has 4 rings (SSSR count). The van der Waals surface area contributed by atoms with Crippen LogP contribution in [0.3, 0.4) is 0 Å². The third-order valence-corrected chi connectivity index (χ3v) is 5.73. The first-order valence-corrected chi connectivity index (χ1v) is 9.71. The van der Waals surface area contributed by atoms with E-state index in [4.69, 9.17) is 5.73 Å². The van der Waals surface area contributed by atoms with Gasteiger partial charge < -0.3 is 10.6 Å². The number of aromatic nitrogens is 3. The lowest BCUT2D eigenvalue weighted by atomic mass is 9.95. The SMILES string of the molecule is NC(=O)CN1CCC[C@H](C(=O)N2CCC(n3nnc4ccccc43)CC2)C1. The first kappa shape index (κ1) is 17.9. The Hall–Kier alpha value is -2.48. The van der Waals surface area contributed by atoms with E-state index in [-0.39, 0.29) is 30.3 Å². The minimum Gasteiger partial charge on any atom is -0.369 e. The predicted octanol–water partition coefficient (Wildman–Crippen LogP) is 0.792. The molecule has 2 aliphatic heterocycles. The third kappa shape index (κ3) is 3.80. The van der Waals surface area contributed by atoms with E-state index in [1.165, 1.54) is 0 Å². The molecule has 144 valence electrons. The molecule has 1 aromatic carbocycles. The first-order valence-electron chi connectivity index (χ1n) is 9.71. The highest BCUT2D eigenvalue weighted by molar-refractivity contribution is 5.80. The maximum Gasteiger partial charge on any atom is 0.231 e. The summed E-state index contributed by atoms with van der Waals surface area (Å²) < 4.78 is 2.01. The quantitative estimate of drug-likeness (QED) is 0.858. The zero-order valence-corrected chi connectivity index (χ0v) is 15.5. The Labute approximate surface area is 158 Å². The summed E-state index contributed by atoms with van der Waals surface area (Å²) in [6, 6.07) is 8.26. The van der Waals surface area contributed by atoms with Gasteiger partial charge in [0.25, 0.3) is 0 Å². The molecule has 0 radical (unpaired) electrons. The standard InChI is InChI=1S/C19H26N6O2/c20-18(26)13-23-9-3-4-14(12-23)19(27)24-10-7-15(8-11-24)25-17-6-2-1-5-16(17)21-22-25/h1-2,5-6,14-15H,3-4,7-13H2,(H2,20,26)/t14-/m0/s1. The Morgan fingerprint density at radius 2 is 1.89 bits per heavy atom. The molecule has 2 aromatic rings. The van der Waals surface area contributed by atoms with Crippen molar-refractivity contribution < 1.29 is 9.59 Å². The summed E-state index contributed by atoms with van der Waals surface area (Å²) in [6.07, 6.45) is 3.60. The number of rotatable bonds is 4. The molecule has 0 saturated carbocycles. The molecule has 27 heavy (non-hydrogen) atoms. The summed E-state index contributed by atoms with van der Waals surface area (Å²) in [5, 5.41) is 8.57. The number of para-hydroxylation sites is 1. The van der Waals surface area contributed by atoms with Crippen molar-refractivity contribution in [3.8, 4) is 0 Å². The van der Waals surface area contributed by atoms with Gasteiger partial charge in [0.05, 0.1) is 24.0 Å². The van der Waals surface area contributed by atoms with E-state index in [0.29, 0.717) is 6.54 Å². The number of amides is 2. The molecule has 2 amide bonds. The Morgan fingerprint density at radius 1 is 1.11 bits per heavy atom. The van der Waals surface area contributed by atoms with Crippen LogP contribution in [-0.4, -0.2) is 69.3 Å². The lowest BCUT2D eigenvalue weighted by molar-refractivity contribution is -0.139. The van der Waals surface area contributed by atoms with Crippen molar-refractivity contribution in [3.63, 3.8) is 0 Å². The van der Waals surface area contributed by atoms with Crippen LogP contribution in [0, 0.1) is 5.92 Å². The van der Waals surface area contributed by atoms with E-state index in [1.54, 1.807) is 0 Å². The van der Waals surface area contributed by atoms with Crippen LogP contribution in [0.15, 0.2) is 24.3 Å². The smallest absolute Gasteiger partial charge is 0.231 e. The van der Waals surface area contributed by atoms with Crippen molar-refractivity contribution in [1.82, 2.24) is 24.8 Å². The van der Waals surface area contributed by atoms with Crippen LogP contribution in [0.2, 0.25) is 0 Å². The fourth-order valence-corrected chi connectivity index (χ4v) is 4.37. The van der Waals surface area contributed by atoms with Crippen molar-refractivity contribution in [2.45, 2.75) is 31.7 Å². The Morgan fingerprint density at radius 3 is 2.67 bits per heavy atom. The van der Waals surface area contributed by atoms with E-state index in [0.717, 1.165) is 56.4 Å². The maximum absolute atomic E-state index is 12.9. The number of hydrogen-bond acceptors (Lipinski definition) is 5. The van der Waals surface area contributed by atoms with Crippen molar-refractivity contribution in [1.29, 1.82) is 0 Å². The molecule has 8 nitrogen and oxygen atoms in total. The number of carbonyl (C=O) groups excluding carboxylic acids is 2.